The first-order chi connectivity index (χ1) is 14.1. The third kappa shape index (κ3) is 3.35. The molecule has 0 amide bonds. The van der Waals surface area contributed by atoms with Crippen molar-refractivity contribution in [3.63, 3.8) is 0 Å². The molecule has 8 heteroatoms. The molecule has 5 rings (SSSR count). The SMILES string of the molecule is Cc1nc2ccc(CN3CCOCC3)cc2n2c(-c3cc(F)ccc3Cl)nnc12. The number of aromatic nitrogens is 4. The molecule has 3 heterocycles. The van der Waals surface area contributed by atoms with E-state index in [1.807, 2.05) is 17.4 Å². The van der Waals surface area contributed by atoms with E-state index in [1.165, 1.54) is 18.2 Å². The highest BCUT2D eigenvalue weighted by Gasteiger charge is 2.18. The van der Waals surface area contributed by atoms with Crippen molar-refractivity contribution in [2.24, 2.45) is 0 Å². The van der Waals surface area contributed by atoms with Gasteiger partial charge in [-0.2, -0.15) is 0 Å². The van der Waals surface area contributed by atoms with Gasteiger partial charge in [-0.1, -0.05) is 17.7 Å². The van der Waals surface area contributed by atoms with Crippen LogP contribution in [0.1, 0.15) is 11.3 Å². The molecular weight excluding hydrogens is 393 g/mol. The van der Waals surface area contributed by atoms with E-state index in [-0.39, 0.29) is 5.82 Å². The smallest absolute Gasteiger partial charge is 0.183 e. The quantitative estimate of drug-likeness (QED) is 0.512. The number of aryl methyl sites for hydroxylation is 1. The Labute approximate surface area is 171 Å². The van der Waals surface area contributed by atoms with Crippen LogP contribution in [0.4, 0.5) is 4.39 Å². The number of benzene rings is 2. The van der Waals surface area contributed by atoms with Crippen LogP contribution in [-0.2, 0) is 11.3 Å². The molecule has 0 bridgehead atoms. The van der Waals surface area contributed by atoms with Crippen LogP contribution in [0.25, 0.3) is 28.1 Å². The average molecular weight is 412 g/mol. The lowest BCUT2D eigenvalue weighted by molar-refractivity contribution is 0.0342. The zero-order valence-corrected chi connectivity index (χ0v) is 16.7. The molecule has 1 aliphatic heterocycles. The Morgan fingerprint density at radius 3 is 2.76 bits per heavy atom. The summed E-state index contributed by atoms with van der Waals surface area (Å²) in [5.74, 6) is 0.132. The third-order valence-corrected chi connectivity index (χ3v) is 5.56. The Bertz CT molecular complexity index is 1220. The Balaban J connectivity index is 1.70. The number of morpholine rings is 1. The number of fused-ring (bicyclic) bond motifs is 3. The average Bonchev–Trinajstić information content (AvgIpc) is 3.17. The molecular formula is C21H19ClFN5O. The van der Waals surface area contributed by atoms with E-state index in [0.717, 1.165) is 55.1 Å². The van der Waals surface area contributed by atoms with Gasteiger partial charge >= 0.3 is 0 Å². The molecule has 2 aromatic carbocycles. The molecule has 1 saturated heterocycles. The summed E-state index contributed by atoms with van der Waals surface area (Å²) in [6.45, 7) is 6.06. The first-order valence-corrected chi connectivity index (χ1v) is 9.88. The highest BCUT2D eigenvalue weighted by Crippen LogP contribution is 2.30. The predicted octanol–water partition coefficient (Wildman–Crippen LogP) is 3.88. The Morgan fingerprint density at radius 2 is 1.93 bits per heavy atom. The summed E-state index contributed by atoms with van der Waals surface area (Å²) < 4.78 is 21.3. The lowest BCUT2D eigenvalue weighted by Gasteiger charge is -2.26. The van der Waals surface area contributed by atoms with Crippen LogP contribution in [0.15, 0.2) is 36.4 Å². The minimum atomic E-state index is -0.371. The zero-order chi connectivity index (χ0) is 20.0. The van der Waals surface area contributed by atoms with Crippen LogP contribution in [0.5, 0.6) is 0 Å². The van der Waals surface area contributed by atoms with Gasteiger partial charge in [0.2, 0.25) is 0 Å². The van der Waals surface area contributed by atoms with Crippen molar-refractivity contribution in [1.29, 1.82) is 0 Å². The maximum Gasteiger partial charge on any atom is 0.183 e. The van der Waals surface area contributed by atoms with Crippen LogP contribution >= 0.6 is 11.6 Å². The number of hydrogen-bond acceptors (Lipinski definition) is 5. The summed E-state index contributed by atoms with van der Waals surface area (Å²) >= 11 is 6.36. The van der Waals surface area contributed by atoms with E-state index in [1.54, 1.807) is 0 Å². The van der Waals surface area contributed by atoms with Crippen LogP contribution in [-0.4, -0.2) is 50.8 Å². The number of rotatable bonds is 3. The van der Waals surface area contributed by atoms with Crippen LogP contribution in [0, 0.1) is 12.7 Å². The van der Waals surface area contributed by atoms with Crippen LogP contribution in [0.3, 0.4) is 0 Å². The molecule has 4 aromatic rings. The fourth-order valence-electron chi connectivity index (χ4n) is 3.78. The topological polar surface area (TPSA) is 55.6 Å². The van der Waals surface area contributed by atoms with E-state index in [9.17, 15) is 4.39 Å². The van der Waals surface area contributed by atoms with Gasteiger partial charge in [-0.25, -0.2) is 9.37 Å². The van der Waals surface area contributed by atoms with E-state index in [2.05, 4.69) is 32.2 Å². The highest BCUT2D eigenvalue weighted by atomic mass is 35.5. The largest absolute Gasteiger partial charge is 0.379 e. The number of ether oxygens (including phenoxy) is 1. The Hall–Kier alpha value is -2.61. The number of nitrogens with zero attached hydrogens (tertiary/aromatic N) is 5. The number of hydrogen-bond donors (Lipinski definition) is 0. The van der Waals surface area contributed by atoms with Gasteiger partial charge < -0.3 is 4.74 Å². The minimum absolute atomic E-state index is 0.371. The van der Waals surface area contributed by atoms with Crippen molar-refractivity contribution < 1.29 is 9.13 Å². The van der Waals surface area contributed by atoms with Gasteiger partial charge in [0.1, 0.15) is 5.82 Å². The molecule has 29 heavy (non-hydrogen) atoms. The summed E-state index contributed by atoms with van der Waals surface area (Å²) in [7, 11) is 0. The van der Waals surface area contributed by atoms with E-state index < -0.39 is 0 Å². The minimum Gasteiger partial charge on any atom is -0.379 e. The second-order valence-corrected chi connectivity index (χ2v) is 7.62. The molecule has 0 spiro atoms. The fraction of sp³-hybridized carbons (Fsp3) is 0.286. The number of halogens is 2. The first kappa shape index (κ1) is 18.4. The van der Waals surface area contributed by atoms with Crippen molar-refractivity contribution in [1.82, 2.24) is 24.5 Å². The standard InChI is InChI=1S/C21H19ClFN5O/c1-13-20-25-26-21(16-11-15(23)3-4-17(16)22)28(20)19-10-14(2-5-18(19)24-13)12-27-6-8-29-9-7-27/h2-5,10-11H,6-9,12H2,1H3. The van der Waals surface area contributed by atoms with Gasteiger partial charge in [0.15, 0.2) is 11.5 Å². The second-order valence-electron chi connectivity index (χ2n) is 7.22. The Kier molecular flexibility index (Phi) is 4.66. The monoisotopic (exact) mass is 411 g/mol. The lowest BCUT2D eigenvalue weighted by Crippen LogP contribution is -2.35. The summed E-state index contributed by atoms with van der Waals surface area (Å²) in [6, 6.07) is 10.5. The van der Waals surface area contributed by atoms with Gasteiger partial charge in [0.05, 0.1) is 35.0 Å². The van der Waals surface area contributed by atoms with Crippen LogP contribution < -0.4 is 0 Å². The molecule has 148 valence electrons. The molecule has 0 radical (unpaired) electrons. The molecule has 0 unspecified atom stereocenters. The molecule has 0 N–H and O–H groups in total. The maximum atomic E-state index is 13.9. The first-order valence-electron chi connectivity index (χ1n) is 9.50. The van der Waals surface area contributed by atoms with Gasteiger partial charge in [-0.05, 0) is 42.8 Å². The van der Waals surface area contributed by atoms with E-state index in [4.69, 9.17) is 16.3 Å². The van der Waals surface area contributed by atoms with Gasteiger partial charge in [0.25, 0.3) is 0 Å². The van der Waals surface area contributed by atoms with Crippen molar-refractivity contribution in [2.45, 2.75) is 13.5 Å². The highest BCUT2D eigenvalue weighted by molar-refractivity contribution is 6.33. The summed E-state index contributed by atoms with van der Waals surface area (Å²) in [5, 5.41) is 9.05. The van der Waals surface area contributed by atoms with E-state index in [0.29, 0.717) is 22.1 Å². The summed E-state index contributed by atoms with van der Waals surface area (Å²) in [5.41, 5.74) is 4.76. The third-order valence-electron chi connectivity index (χ3n) is 5.23. The second kappa shape index (κ2) is 7.33. The van der Waals surface area contributed by atoms with E-state index >= 15 is 0 Å². The molecule has 1 fully saturated rings. The Morgan fingerprint density at radius 1 is 1.10 bits per heavy atom. The summed E-state index contributed by atoms with van der Waals surface area (Å²) in [4.78, 5) is 7.04. The molecule has 6 nitrogen and oxygen atoms in total. The molecule has 0 atom stereocenters. The van der Waals surface area contributed by atoms with Crippen molar-refractivity contribution in [3.05, 3.63) is 58.5 Å². The van der Waals surface area contributed by atoms with Crippen molar-refractivity contribution >= 4 is 28.3 Å². The van der Waals surface area contributed by atoms with Gasteiger partial charge in [-0.15, -0.1) is 10.2 Å². The van der Waals surface area contributed by atoms with Crippen molar-refractivity contribution in [3.8, 4) is 11.4 Å². The lowest BCUT2D eigenvalue weighted by atomic mass is 10.1. The predicted molar refractivity (Wildman–Crippen MR) is 110 cm³/mol. The molecule has 2 aromatic heterocycles. The van der Waals surface area contributed by atoms with Crippen LogP contribution in [0.2, 0.25) is 5.02 Å². The molecule has 0 saturated carbocycles. The fourth-order valence-corrected chi connectivity index (χ4v) is 3.98. The van der Waals surface area contributed by atoms with Gasteiger partial charge in [-0.3, -0.25) is 9.30 Å². The maximum absolute atomic E-state index is 13.9. The van der Waals surface area contributed by atoms with Gasteiger partial charge in [0, 0.05) is 25.2 Å². The van der Waals surface area contributed by atoms with Crippen molar-refractivity contribution in [2.75, 3.05) is 26.3 Å². The zero-order valence-electron chi connectivity index (χ0n) is 15.9. The normalized spacial score (nSPS) is 15.4. The molecule has 1 aliphatic rings. The summed E-state index contributed by atoms with van der Waals surface area (Å²) in [6.07, 6.45) is 0. The molecule has 0 aliphatic carbocycles.